The second kappa shape index (κ2) is 10.9. The molecule has 0 bridgehead atoms. The van der Waals surface area contributed by atoms with Gasteiger partial charge in [-0.2, -0.15) is 0 Å². The SMILES string of the molecule is C\C=C/C=C(\C(=C\C)N(CC)C(=P)C(CC)CC)C(C)C. The molecule has 0 radical (unpaired) electrons. The van der Waals surface area contributed by atoms with Crippen molar-refractivity contribution in [1.82, 2.24) is 4.90 Å². The number of hydrogen-bond donors (Lipinski definition) is 0. The Morgan fingerprint density at radius 3 is 2.00 bits per heavy atom. The van der Waals surface area contributed by atoms with Crippen molar-refractivity contribution in [2.45, 2.75) is 61.3 Å². The molecule has 0 heterocycles. The summed E-state index contributed by atoms with van der Waals surface area (Å²) in [5, 5.41) is 0. The molecule has 2 heteroatoms. The Morgan fingerprint density at radius 2 is 1.67 bits per heavy atom. The molecule has 0 unspecified atom stereocenters. The van der Waals surface area contributed by atoms with E-state index < -0.39 is 0 Å². The zero-order valence-corrected chi connectivity index (χ0v) is 16.0. The summed E-state index contributed by atoms with van der Waals surface area (Å²) < 4.78 is 0. The van der Waals surface area contributed by atoms with E-state index in [2.05, 4.69) is 86.5 Å². The molecule has 0 fully saturated rings. The zero-order chi connectivity index (χ0) is 16.4. The van der Waals surface area contributed by atoms with Crippen molar-refractivity contribution in [3.8, 4) is 0 Å². The van der Waals surface area contributed by atoms with Crippen LogP contribution in [0.5, 0.6) is 0 Å². The minimum absolute atomic E-state index is 0.502. The zero-order valence-electron chi connectivity index (χ0n) is 15.0. The van der Waals surface area contributed by atoms with E-state index in [1.54, 1.807) is 0 Å². The lowest BCUT2D eigenvalue weighted by Gasteiger charge is -2.33. The maximum absolute atomic E-state index is 3.93. The first kappa shape index (κ1) is 20.2. The summed E-state index contributed by atoms with van der Waals surface area (Å²) in [4.78, 5) is 2.42. The predicted octanol–water partition coefficient (Wildman–Crippen LogP) is 6.08. The highest BCUT2D eigenvalue weighted by Gasteiger charge is 2.21. The van der Waals surface area contributed by atoms with Gasteiger partial charge in [0.2, 0.25) is 0 Å². The van der Waals surface area contributed by atoms with E-state index in [0.717, 1.165) is 6.54 Å². The molecular weight excluding hydrogens is 273 g/mol. The predicted molar refractivity (Wildman–Crippen MR) is 101 cm³/mol. The molecule has 21 heavy (non-hydrogen) atoms. The molecule has 0 saturated carbocycles. The minimum atomic E-state index is 0.502. The van der Waals surface area contributed by atoms with Gasteiger partial charge in [-0.05, 0) is 45.1 Å². The smallest absolute Gasteiger partial charge is 0.0409 e. The minimum Gasteiger partial charge on any atom is -0.342 e. The highest BCUT2D eigenvalue weighted by Crippen LogP contribution is 2.27. The fourth-order valence-corrected chi connectivity index (χ4v) is 3.30. The van der Waals surface area contributed by atoms with Gasteiger partial charge in [0.25, 0.3) is 0 Å². The lowest BCUT2D eigenvalue weighted by molar-refractivity contribution is 0.487. The Hall–Kier alpha value is -0.810. The van der Waals surface area contributed by atoms with Gasteiger partial charge in [-0.3, -0.25) is 0 Å². The van der Waals surface area contributed by atoms with Crippen LogP contribution in [0.4, 0.5) is 0 Å². The summed E-state index contributed by atoms with van der Waals surface area (Å²) in [7, 11) is 3.93. The quantitative estimate of drug-likeness (QED) is 0.368. The molecule has 0 spiro atoms. The first-order chi connectivity index (χ1) is 9.98. The number of allylic oxidation sites excluding steroid dienone is 5. The molecule has 120 valence electrons. The van der Waals surface area contributed by atoms with Gasteiger partial charge in [0.15, 0.2) is 0 Å². The first-order valence-electron chi connectivity index (χ1n) is 8.33. The fourth-order valence-electron chi connectivity index (χ4n) is 2.62. The molecule has 0 amide bonds. The second-order valence-electron chi connectivity index (χ2n) is 5.62. The summed E-state index contributed by atoms with van der Waals surface area (Å²) in [5.74, 6) is 1.09. The van der Waals surface area contributed by atoms with Crippen LogP contribution in [-0.2, 0) is 0 Å². The van der Waals surface area contributed by atoms with Crippen LogP contribution in [0.3, 0.4) is 0 Å². The first-order valence-corrected chi connectivity index (χ1v) is 8.83. The Kier molecular flexibility index (Phi) is 10.4. The maximum Gasteiger partial charge on any atom is 0.0409 e. The van der Waals surface area contributed by atoms with E-state index in [1.807, 2.05) is 0 Å². The van der Waals surface area contributed by atoms with Crippen LogP contribution >= 0.6 is 8.86 Å². The lowest BCUT2D eigenvalue weighted by Crippen LogP contribution is -2.34. The molecular formula is C19H34NP. The number of rotatable bonds is 9. The van der Waals surface area contributed by atoms with Crippen molar-refractivity contribution in [3.63, 3.8) is 0 Å². The van der Waals surface area contributed by atoms with E-state index in [0.29, 0.717) is 11.8 Å². The molecule has 0 rings (SSSR count). The van der Waals surface area contributed by atoms with Crippen LogP contribution in [0.15, 0.2) is 35.6 Å². The van der Waals surface area contributed by atoms with Crippen LogP contribution in [0.25, 0.3) is 0 Å². The van der Waals surface area contributed by atoms with Crippen LogP contribution in [0.1, 0.15) is 61.3 Å². The van der Waals surface area contributed by atoms with Crippen molar-refractivity contribution >= 4 is 14.3 Å². The van der Waals surface area contributed by atoms with E-state index in [9.17, 15) is 0 Å². The van der Waals surface area contributed by atoms with Crippen molar-refractivity contribution in [2.24, 2.45) is 11.8 Å². The van der Waals surface area contributed by atoms with Gasteiger partial charge < -0.3 is 4.90 Å². The van der Waals surface area contributed by atoms with E-state index >= 15 is 0 Å². The second-order valence-corrected chi connectivity index (χ2v) is 6.13. The third-order valence-corrected chi connectivity index (χ3v) is 4.61. The molecule has 0 atom stereocenters. The molecule has 0 aliphatic rings. The maximum atomic E-state index is 3.93. The monoisotopic (exact) mass is 307 g/mol. The summed E-state index contributed by atoms with van der Waals surface area (Å²) >= 11 is 0. The number of nitrogens with zero attached hydrogens (tertiary/aromatic N) is 1. The highest BCUT2D eigenvalue weighted by molar-refractivity contribution is 7.20. The summed E-state index contributed by atoms with van der Waals surface area (Å²) in [5.41, 5.74) is 4.02. The number of likely N-dealkylation sites (N-methyl/N-ethyl adjacent to an activating group) is 1. The van der Waals surface area contributed by atoms with Gasteiger partial charge in [-0.1, -0.05) is 60.9 Å². The van der Waals surface area contributed by atoms with E-state index in [4.69, 9.17) is 0 Å². The highest BCUT2D eigenvalue weighted by atomic mass is 31.0. The molecule has 0 aliphatic heterocycles. The average Bonchev–Trinajstić information content (AvgIpc) is 2.47. The van der Waals surface area contributed by atoms with Gasteiger partial charge in [-0.25, -0.2) is 0 Å². The van der Waals surface area contributed by atoms with Gasteiger partial charge in [0.05, 0.1) is 0 Å². The molecule has 0 saturated heterocycles. The van der Waals surface area contributed by atoms with Crippen molar-refractivity contribution in [2.75, 3.05) is 6.54 Å². The third-order valence-electron chi connectivity index (χ3n) is 3.93. The molecule has 0 N–H and O–H groups in total. The number of hydrogen-bond acceptors (Lipinski definition) is 0. The van der Waals surface area contributed by atoms with Gasteiger partial charge in [-0.15, -0.1) is 0 Å². The van der Waals surface area contributed by atoms with Crippen molar-refractivity contribution in [3.05, 3.63) is 35.6 Å². The molecule has 0 aromatic carbocycles. The van der Waals surface area contributed by atoms with Gasteiger partial charge in [0.1, 0.15) is 0 Å². The van der Waals surface area contributed by atoms with Crippen LogP contribution in [0.2, 0.25) is 0 Å². The van der Waals surface area contributed by atoms with Crippen LogP contribution in [0, 0.1) is 11.8 Å². The van der Waals surface area contributed by atoms with Crippen LogP contribution < -0.4 is 0 Å². The molecule has 0 aliphatic carbocycles. The summed E-state index contributed by atoms with van der Waals surface area (Å²) in [6.07, 6.45) is 11.0. The van der Waals surface area contributed by atoms with Gasteiger partial charge >= 0.3 is 0 Å². The molecule has 0 aromatic heterocycles. The normalized spacial score (nSPS) is 13.6. The third kappa shape index (κ3) is 5.83. The summed E-state index contributed by atoms with van der Waals surface area (Å²) in [6.45, 7) is 16.4. The average molecular weight is 307 g/mol. The Morgan fingerprint density at radius 1 is 1.10 bits per heavy atom. The van der Waals surface area contributed by atoms with Crippen molar-refractivity contribution < 1.29 is 0 Å². The summed E-state index contributed by atoms with van der Waals surface area (Å²) in [6, 6.07) is 0. The van der Waals surface area contributed by atoms with Crippen molar-refractivity contribution in [1.29, 1.82) is 0 Å². The van der Waals surface area contributed by atoms with Gasteiger partial charge in [0, 0.05) is 23.6 Å². The Bertz CT molecular complexity index is 398. The Labute approximate surface area is 135 Å². The largest absolute Gasteiger partial charge is 0.342 e. The fraction of sp³-hybridized carbons (Fsp3) is 0.632. The molecule has 0 aromatic rings. The standard InChI is InChI=1S/C19H34NP/c1-8-13-14-17(15(6)7)18(11-4)20(12-5)19(21)16(9-2)10-3/h8,11,13-16,21H,9-10,12H2,1-7H3/b13-8-,17-14-,18-11-. The Balaban J connectivity index is 5.61. The van der Waals surface area contributed by atoms with Crippen LogP contribution in [-0.4, -0.2) is 16.9 Å². The van der Waals surface area contributed by atoms with E-state index in [1.165, 1.54) is 29.5 Å². The lowest BCUT2D eigenvalue weighted by atomic mass is 9.96. The topological polar surface area (TPSA) is 3.24 Å². The molecule has 1 nitrogen and oxygen atoms in total. The van der Waals surface area contributed by atoms with E-state index in [-0.39, 0.29) is 0 Å².